The Morgan fingerprint density at radius 3 is 2.50 bits per heavy atom. The molecule has 10 heavy (non-hydrogen) atoms. The third kappa shape index (κ3) is 7.21. The highest BCUT2D eigenvalue weighted by Crippen LogP contribution is 2.00. The van der Waals surface area contributed by atoms with Crippen molar-refractivity contribution in [2.45, 2.75) is 32.6 Å². The normalized spacial score (nSPS) is 11.5. The third-order valence-electron chi connectivity index (χ3n) is 1.22. The van der Waals surface area contributed by atoms with Crippen LogP contribution in [-0.4, -0.2) is 11.4 Å². The Bertz CT molecular complexity index is 112. The number of carbonyl (C=O) groups excluding carboxylic acids is 1. The van der Waals surface area contributed by atoms with E-state index in [1.807, 2.05) is 0 Å². The molecule has 0 amide bonds. The SMILES string of the molecule is CC(O)=CCCCCC=O. The van der Waals surface area contributed by atoms with Crippen molar-refractivity contribution in [3.63, 3.8) is 0 Å². The first kappa shape index (κ1) is 9.21. The Morgan fingerprint density at radius 2 is 2.00 bits per heavy atom. The molecule has 2 heteroatoms. The molecule has 0 aromatic rings. The quantitative estimate of drug-likeness (QED) is 0.363. The molecule has 1 N–H and O–H groups in total. The lowest BCUT2D eigenvalue weighted by atomic mass is 10.2. The number of carbonyl (C=O) groups is 1. The molecule has 0 aliphatic heterocycles. The maximum Gasteiger partial charge on any atom is 0.119 e. The van der Waals surface area contributed by atoms with Crippen molar-refractivity contribution >= 4 is 6.29 Å². The Labute approximate surface area is 61.6 Å². The fourth-order valence-electron chi connectivity index (χ4n) is 0.683. The summed E-state index contributed by atoms with van der Waals surface area (Å²) in [6.45, 7) is 1.65. The lowest BCUT2D eigenvalue weighted by molar-refractivity contribution is -0.107. The number of aliphatic hydroxyl groups excluding tert-OH is 1. The summed E-state index contributed by atoms with van der Waals surface area (Å²) in [7, 11) is 0. The van der Waals surface area contributed by atoms with Crippen LogP contribution in [0.1, 0.15) is 32.6 Å². The number of hydrogen-bond acceptors (Lipinski definition) is 2. The van der Waals surface area contributed by atoms with Gasteiger partial charge in [-0.3, -0.25) is 0 Å². The van der Waals surface area contributed by atoms with Crippen molar-refractivity contribution in [2.75, 3.05) is 0 Å². The molecule has 0 bridgehead atoms. The molecule has 0 radical (unpaired) electrons. The molecule has 0 atom stereocenters. The zero-order chi connectivity index (χ0) is 7.82. The zero-order valence-corrected chi connectivity index (χ0v) is 6.34. The highest BCUT2D eigenvalue weighted by atomic mass is 16.3. The number of rotatable bonds is 5. The minimum absolute atomic E-state index is 0.367. The number of aldehydes is 1. The Morgan fingerprint density at radius 1 is 1.40 bits per heavy atom. The van der Waals surface area contributed by atoms with E-state index in [1.165, 1.54) is 0 Å². The minimum Gasteiger partial charge on any atom is -0.513 e. The van der Waals surface area contributed by atoms with E-state index in [0.717, 1.165) is 25.5 Å². The molecular formula is C8H14O2. The summed E-state index contributed by atoms with van der Waals surface area (Å²) in [5, 5.41) is 8.70. The summed E-state index contributed by atoms with van der Waals surface area (Å²) < 4.78 is 0. The van der Waals surface area contributed by atoms with Crippen molar-refractivity contribution < 1.29 is 9.90 Å². The summed E-state index contributed by atoms with van der Waals surface area (Å²) in [5.41, 5.74) is 0. The fraction of sp³-hybridized carbons (Fsp3) is 0.625. The first-order valence-corrected chi connectivity index (χ1v) is 3.56. The lowest BCUT2D eigenvalue weighted by Crippen LogP contribution is -1.77. The fourth-order valence-corrected chi connectivity index (χ4v) is 0.683. The van der Waals surface area contributed by atoms with Gasteiger partial charge >= 0.3 is 0 Å². The second kappa shape index (κ2) is 6.33. The van der Waals surface area contributed by atoms with Crippen LogP contribution in [0.2, 0.25) is 0 Å². The van der Waals surface area contributed by atoms with Crippen LogP contribution in [0.25, 0.3) is 0 Å². The van der Waals surface area contributed by atoms with E-state index in [0.29, 0.717) is 12.2 Å². The molecule has 0 saturated heterocycles. The lowest BCUT2D eigenvalue weighted by Gasteiger charge is -1.91. The van der Waals surface area contributed by atoms with Gasteiger partial charge in [-0.1, -0.05) is 0 Å². The third-order valence-corrected chi connectivity index (χ3v) is 1.22. The number of aliphatic hydroxyl groups is 1. The Balaban J connectivity index is 3.05. The summed E-state index contributed by atoms with van der Waals surface area (Å²) in [6, 6.07) is 0. The first-order chi connectivity index (χ1) is 4.77. The molecule has 0 fully saturated rings. The summed E-state index contributed by atoms with van der Waals surface area (Å²) in [6.07, 6.45) is 6.11. The van der Waals surface area contributed by atoms with E-state index in [-0.39, 0.29) is 0 Å². The van der Waals surface area contributed by atoms with Crippen molar-refractivity contribution in [3.8, 4) is 0 Å². The van der Waals surface area contributed by atoms with Gasteiger partial charge in [-0.25, -0.2) is 0 Å². The van der Waals surface area contributed by atoms with Gasteiger partial charge in [0.05, 0.1) is 5.76 Å². The van der Waals surface area contributed by atoms with Crippen LogP contribution in [0.5, 0.6) is 0 Å². The standard InChI is InChI=1S/C8H14O2/c1-8(10)6-4-2-3-5-7-9/h6-7,10H,2-5H2,1H3. The number of allylic oxidation sites excluding steroid dienone is 2. The molecule has 2 nitrogen and oxygen atoms in total. The molecule has 0 aliphatic rings. The second-order valence-electron chi connectivity index (χ2n) is 2.30. The minimum atomic E-state index is 0.367. The van der Waals surface area contributed by atoms with Crippen LogP contribution in [0.4, 0.5) is 0 Å². The van der Waals surface area contributed by atoms with Gasteiger partial charge in [0.2, 0.25) is 0 Å². The van der Waals surface area contributed by atoms with Gasteiger partial charge in [-0.2, -0.15) is 0 Å². The largest absolute Gasteiger partial charge is 0.513 e. The monoisotopic (exact) mass is 142 g/mol. The molecule has 58 valence electrons. The molecule has 0 aromatic carbocycles. The van der Waals surface area contributed by atoms with Gasteiger partial charge in [-0.05, 0) is 32.3 Å². The average Bonchev–Trinajstić information content (AvgIpc) is 1.87. The molecule has 0 heterocycles. The molecular weight excluding hydrogens is 128 g/mol. The molecule has 0 aromatic heterocycles. The van der Waals surface area contributed by atoms with E-state index >= 15 is 0 Å². The van der Waals surface area contributed by atoms with Crippen molar-refractivity contribution in [1.82, 2.24) is 0 Å². The second-order valence-corrected chi connectivity index (χ2v) is 2.30. The number of hydrogen-bond donors (Lipinski definition) is 1. The highest BCUT2D eigenvalue weighted by Gasteiger charge is 1.85. The predicted molar refractivity (Wildman–Crippen MR) is 40.9 cm³/mol. The topological polar surface area (TPSA) is 37.3 Å². The van der Waals surface area contributed by atoms with Crippen molar-refractivity contribution in [3.05, 3.63) is 11.8 Å². The number of unbranched alkanes of at least 4 members (excludes halogenated alkanes) is 3. The van der Waals surface area contributed by atoms with Crippen LogP contribution in [0, 0.1) is 0 Å². The Kier molecular flexibility index (Phi) is 5.83. The van der Waals surface area contributed by atoms with E-state index in [1.54, 1.807) is 13.0 Å². The van der Waals surface area contributed by atoms with E-state index < -0.39 is 0 Å². The van der Waals surface area contributed by atoms with Gasteiger partial charge in [0.15, 0.2) is 0 Å². The molecule has 0 saturated carbocycles. The van der Waals surface area contributed by atoms with E-state index in [2.05, 4.69) is 0 Å². The molecule has 0 unspecified atom stereocenters. The van der Waals surface area contributed by atoms with Crippen molar-refractivity contribution in [1.29, 1.82) is 0 Å². The first-order valence-electron chi connectivity index (χ1n) is 3.56. The van der Waals surface area contributed by atoms with Gasteiger partial charge < -0.3 is 9.90 Å². The van der Waals surface area contributed by atoms with Gasteiger partial charge in [0.1, 0.15) is 6.29 Å². The summed E-state index contributed by atoms with van der Waals surface area (Å²) in [5.74, 6) is 0.367. The summed E-state index contributed by atoms with van der Waals surface area (Å²) >= 11 is 0. The van der Waals surface area contributed by atoms with E-state index in [9.17, 15) is 4.79 Å². The smallest absolute Gasteiger partial charge is 0.119 e. The molecule has 0 spiro atoms. The van der Waals surface area contributed by atoms with E-state index in [4.69, 9.17) is 5.11 Å². The van der Waals surface area contributed by atoms with Crippen LogP contribution >= 0.6 is 0 Å². The Hall–Kier alpha value is -0.790. The maximum atomic E-state index is 9.84. The summed E-state index contributed by atoms with van der Waals surface area (Å²) in [4.78, 5) is 9.84. The molecule has 0 rings (SSSR count). The van der Waals surface area contributed by atoms with Crippen LogP contribution < -0.4 is 0 Å². The zero-order valence-electron chi connectivity index (χ0n) is 6.34. The average molecular weight is 142 g/mol. The van der Waals surface area contributed by atoms with Gasteiger partial charge in [0.25, 0.3) is 0 Å². The van der Waals surface area contributed by atoms with Crippen LogP contribution in [0.3, 0.4) is 0 Å². The van der Waals surface area contributed by atoms with Crippen LogP contribution in [0.15, 0.2) is 11.8 Å². The van der Waals surface area contributed by atoms with Crippen molar-refractivity contribution in [2.24, 2.45) is 0 Å². The highest BCUT2D eigenvalue weighted by molar-refractivity contribution is 5.48. The van der Waals surface area contributed by atoms with Crippen LogP contribution in [-0.2, 0) is 4.79 Å². The molecule has 0 aliphatic carbocycles. The van der Waals surface area contributed by atoms with Gasteiger partial charge in [0, 0.05) is 6.42 Å². The maximum absolute atomic E-state index is 9.84. The van der Waals surface area contributed by atoms with Gasteiger partial charge in [-0.15, -0.1) is 0 Å². The predicted octanol–water partition coefficient (Wildman–Crippen LogP) is 2.21.